The van der Waals surface area contributed by atoms with Crippen LogP contribution in [0.5, 0.6) is 0 Å². The number of likely N-dealkylation sites (tertiary alicyclic amines) is 1. The number of thiazole rings is 1. The minimum absolute atomic E-state index is 0.127. The number of amides is 2. The van der Waals surface area contributed by atoms with Gasteiger partial charge in [-0.15, -0.1) is 11.3 Å². The molecule has 0 saturated carbocycles. The first kappa shape index (κ1) is 17.4. The second-order valence-corrected chi connectivity index (χ2v) is 7.25. The Kier molecular flexibility index (Phi) is 4.05. The fraction of sp³-hybridized carbons (Fsp3) is 0.222. The molecule has 2 aromatic heterocycles. The van der Waals surface area contributed by atoms with Gasteiger partial charge < -0.3 is 20.3 Å². The second kappa shape index (κ2) is 6.29. The number of aliphatic hydroxyl groups is 1. The zero-order valence-electron chi connectivity index (χ0n) is 14.4. The lowest BCUT2D eigenvalue weighted by Crippen LogP contribution is -2.35. The van der Waals surface area contributed by atoms with Crippen LogP contribution in [-0.4, -0.2) is 45.6 Å². The molecular formula is C18H16N4O4S. The average Bonchev–Trinajstić information content (AvgIpc) is 3.39. The smallest absolute Gasteiger partial charge is 0.268 e. The predicted octanol–water partition coefficient (Wildman–Crippen LogP) is 1.61. The van der Waals surface area contributed by atoms with Crippen LogP contribution in [0.1, 0.15) is 22.7 Å². The van der Waals surface area contributed by atoms with Gasteiger partial charge in [-0.3, -0.25) is 9.59 Å². The molecule has 1 atom stereocenters. The quantitative estimate of drug-likeness (QED) is 0.705. The summed E-state index contributed by atoms with van der Waals surface area (Å²) in [6, 6.07) is 8.94. The zero-order chi connectivity index (χ0) is 19.2. The topological polar surface area (TPSA) is 123 Å². The molecule has 3 heterocycles. The molecule has 3 aromatic rings. The van der Waals surface area contributed by atoms with E-state index >= 15 is 0 Å². The van der Waals surface area contributed by atoms with E-state index in [0.717, 1.165) is 11.1 Å². The first-order chi connectivity index (χ1) is 12.9. The van der Waals surface area contributed by atoms with E-state index in [4.69, 9.17) is 10.3 Å². The summed E-state index contributed by atoms with van der Waals surface area (Å²) in [6.45, 7) is 0.451. The van der Waals surface area contributed by atoms with Crippen molar-refractivity contribution in [2.75, 3.05) is 13.6 Å². The number of rotatable bonds is 4. The third-order valence-corrected chi connectivity index (χ3v) is 5.48. The maximum absolute atomic E-state index is 12.2. The molecule has 138 valence electrons. The van der Waals surface area contributed by atoms with Crippen molar-refractivity contribution < 1.29 is 19.2 Å². The van der Waals surface area contributed by atoms with Gasteiger partial charge in [0.1, 0.15) is 16.4 Å². The van der Waals surface area contributed by atoms with Gasteiger partial charge in [-0.1, -0.05) is 23.4 Å². The lowest BCUT2D eigenvalue weighted by molar-refractivity contribution is -0.144. The van der Waals surface area contributed by atoms with E-state index < -0.39 is 17.4 Å². The summed E-state index contributed by atoms with van der Waals surface area (Å²) >= 11 is 1.31. The summed E-state index contributed by atoms with van der Waals surface area (Å²) in [7, 11) is 1.63. The van der Waals surface area contributed by atoms with Crippen LogP contribution in [0.4, 0.5) is 0 Å². The highest BCUT2D eigenvalue weighted by Crippen LogP contribution is 2.35. The maximum Gasteiger partial charge on any atom is 0.268 e. The first-order valence-electron chi connectivity index (χ1n) is 8.20. The Labute approximate surface area is 158 Å². The Balaban J connectivity index is 1.66. The molecule has 2 amide bonds. The molecule has 0 bridgehead atoms. The summed E-state index contributed by atoms with van der Waals surface area (Å²) in [5.74, 6) is -0.850. The predicted molar refractivity (Wildman–Crippen MR) is 97.7 cm³/mol. The highest BCUT2D eigenvalue weighted by molar-refractivity contribution is 7.13. The molecule has 1 aliphatic rings. The molecule has 4 rings (SSSR count). The van der Waals surface area contributed by atoms with Crippen LogP contribution in [0, 0.1) is 0 Å². The number of primary amides is 1. The van der Waals surface area contributed by atoms with E-state index in [1.165, 1.54) is 16.2 Å². The Bertz CT molecular complexity index is 1040. The zero-order valence-corrected chi connectivity index (χ0v) is 15.2. The number of hydrogen-bond acceptors (Lipinski definition) is 7. The SMILES string of the molecule is CN1CC[C@@](O)(c2cc(-c3cccc(-c4nc(C(N)=O)cs4)c3)no2)C1=O. The fourth-order valence-corrected chi connectivity index (χ4v) is 3.83. The Morgan fingerprint density at radius 3 is 2.81 bits per heavy atom. The van der Waals surface area contributed by atoms with Crippen LogP contribution < -0.4 is 5.73 Å². The van der Waals surface area contributed by atoms with Crippen LogP contribution in [0.3, 0.4) is 0 Å². The standard InChI is InChI=1S/C18H16N4O4S/c1-22-6-5-18(25,17(22)24)14-8-12(21-26-14)10-3-2-4-11(7-10)16-20-13(9-27-16)15(19)23/h2-4,7-9,25H,5-6H2,1H3,(H2,19,23)/t18-/m1/s1. The highest BCUT2D eigenvalue weighted by atomic mass is 32.1. The number of aromatic nitrogens is 2. The molecule has 3 N–H and O–H groups in total. The van der Waals surface area contributed by atoms with E-state index in [1.807, 2.05) is 24.3 Å². The molecule has 1 aliphatic heterocycles. The Morgan fingerprint density at radius 1 is 1.37 bits per heavy atom. The molecule has 0 unspecified atom stereocenters. The van der Waals surface area contributed by atoms with Crippen molar-refractivity contribution in [3.8, 4) is 21.8 Å². The van der Waals surface area contributed by atoms with Gasteiger partial charge >= 0.3 is 0 Å². The molecule has 0 radical (unpaired) electrons. The summed E-state index contributed by atoms with van der Waals surface area (Å²) in [5, 5.41) is 16.9. The second-order valence-electron chi connectivity index (χ2n) is 6.40. The van der Waals surface area contributed by atoms with Gasteiger partial charge in [0.15, 0.2) is 5.76 Å². The largest absolute Gasteiger partial charge is 0.373 e. The van der Waals surface area contributed by atoms with E-state index in [1.54, 1.807) is 18.5 Å². The third kappa shape index (κ3) is 2.90. The van der Waals surface area contributed by atoms with Crippen LogP contribution in [-0.2, 0) is 10.4 Å². The Morgan fingerprint density at radius 2 is 2.15 bits per heavy atom. The lowest BCUT2D eigenvalue weighted by Gasteiger charge is -2.16. The van der Waals surface area contributed by atoms with Gasteiger partial charge in [0.2, 0.25) is 5.60 Å². The van der Waals surface area contributed by atoms with Gasteiger partial charge in [-0.2, -0.15) is 0 Å². The van der Waals surface area contributed by atoms with Crippen molar-refractivity contribution >= 4 is 23.2 Å². The molecule has 27 heavy (non-hydrogen) atoms. The van der Waals surface area contributed by atoms with Crippen molar-refractivity contribution in [3.05, 3.63) is 47.2 Å². The van der Waals surface area contributed by atoms with Gasteiger partial charge in [0, 0.05) is 42.6 Å². The minimum atomic E-state index is -1.68. The van der Waals surface area contributed by atoms with Crippen LogP contribution in [0.25, 0.3) is 21.8 Å². The normalized spacial score (nSPS) is 19.6. The maximum atomic E-state index is 12.2. The van der Waals surface area contributed by atoms with Crippen LogP contribution in [0.2, 0.25) is 0 Å². The first-order valence-corrected chi connectivity index (χ1v) is 9.08. The number of carbonyl (C=O) groups is 2. The summed E-state index contributed by atoms with van der Waals surface area (Å²) in [5.41, 5.74) is 5.82. The van der Waals surface area contributed by atoms with Gasteiger partial charge in [-0.05, 0) is 6.07 Å². The van der Waals surface area contributed by atoms with Gasteiger partial charge in [0.05, 0.1) is 0 Å². The van der Waals surface area contributed by atoms with Crippen LogP contribution in [0.15, 0.2) is 40.2 Å². The van der Waals surface area contributed by atoms with Crippen molar-refractivity contribution in [2.45, 2.75) is 12.0 Å². The van der Waals surface area contributed by atoms with Crippen molar-refractivity contribution in [1.82, 2.24) is 15.0 Å². The Hall–Kier alpha value is -3.04. The van der Waals surface area contributed by atoms with Gasteiger partial charge in [-0.25, -0.2) is 4.98 Å². The number of hydrogen-bond donors (Lipinski definition) is 2. The highest BCUT2D eigenvalue weighted by Gasteiger charge is 2.48. The number of likely N-dealkylation sites (N-methyl/N-ethyl adjacent to an activating group) is 1. The third-order valence-electron chi connectivity index (χ3n) is 4.59. The summed E-state index contributed by atoms with van der Waals surface area (Å²) < 4.78 is 5.28. The summed E-state index contributed by atoms with van der Waals surface area (Å²) in [4.78, 5) is 29.1. The molecule has 1 saturated heterocycles. The molecule has 1 fully saturated rings. The van der Waals surface area contributed by atoms with Crippen molar-refractivity contribution in [3.63, 3.8) is 0 Å². The molecule has 9 heteroatoms. The monoisotopic (exact) mass is 384 g/mol. The lowest BCUT2D eigenvalue weighted by atomic mass is 9.98. The molecule has 0 spiro atoms. The molecular weight excluding hydrogens is 368 g/mol. The van der Waals surface area contributed by atoms with Crippen LogP contribution >= 0.6 is 11.3 Å². The van der Waals surface area contributed by atoms with Crippen molar-refractivity contribution in [1.29, 1.82) is 0 Å². The molecule has 1 aromatic carbocycles. The van der Waals surface area contributed by atoms with E-state index in [2.05, 4.69) is 10.1 Å². The number of nitrogens with zero attached hydrogens (tertiary/aromatic N) is 3. The number of carbonyl (C=O) groups excluding carboxylic acids is 2. The molecule has 8 nitrogen and oxygen atoms in total. The summed E-state index contributed by atoms with van der Waals surface area (Å²) in [6.07, 6.45) is 0.256. The fourth-order valence-electron chi connectivity index (χ4n) is 3.02. The minimum Gasteiger partial charge on any atom is -0.373 e. The van der Waals surface area contributed by atoms with E-state index in [9.17, 15) is 14.7 Å². The number of nitrogens with two attached hydrogens (primary N) is 1. The van der Waals surface area contributed by atoms with Crippen molar-refractivity contribution in [2.24, 2.45) is 5.73 Å². The van der Waals surface area contributed by atoms with Gasteiger partial charge in [0.25, 0.3) is 11.8 Å². The number of benzene rings is 1. The van der Waals surface area contributed by atoms with E-state index in [0.29, 0.717) is 17.2 Å². The molecule has 0 aliphatic carbocycles. The van der Waals surface area contributed by atoms with E-state index in [-0.39, 0.29) is 17.9 Å². The average molecular weight is 384 g/mol.